The van der Waals surface area contributed by atoms with Gasteiger partial charge in [0.2, 0.25) is 10.0 Å². The molecule has 0 spiro atoms. The van der Waals surface area contributed by atoms with E-state index in [9.17, 15) is 8.42 Å². The Morgan fingerprint density at radius 2 is 2.32 bits per heavy atom. The highest BCUT2D eigenvalue weighted by Crippen LogP contribution is 2.26. The number of nitrogens with zero attached hydrogens (tertiary/aromatic N) is 1. The summed E-state index contributed by atoms with van der Waals surface area (Å²) in [4.78, 5) is 0. The maximum absolute atomic E-state index is 12.0. The van der Waals surface area contributed by atoms with Crippen LogP contribution in [0.4, 0.5) is 11.4 Å². The quantitative estimate of drug-likeness (QED) is 0.884. The van der Waals surface area contributed by atoms with Gasteiger partial charge in [0, 0.05) is 12.2 Å². The van der Waals surface area contributed by atoms with Crippen LogP contribution in [0.2, 0.25) is 0 Å². The van der Waals surface area contributed by atoms with Crippen LogP contribution in [0, 0.1) is 11.3 Å². The van der Waals surface area contributed by atoms with Crippen molar-refractivity contribution in [2.45, 2.75) is 31.4 Å². The molecule has 2 rings (SSSR count). The summed E-state index contributed by atoms with van der Waals surface area (Å²) < 4.78 is 26.4. The van der Waals surface area contributed by atoms with E-state index in [4.69, 9.17) is 5.26 Å². The van der Waals surface area contributed by atoms with Crippen molar-refractivity contribution in [3.63, 3.8) is 0 Å². The Morgan fingerprint density at radius 1 is 1.53 bits per heavy atom. The maximum atomic E-state index is 12.0. The zero-order valence-electron chi connectivity index (χ0n) is 10.8. The number of fused-ring (bicyclic) bond motifs is 1. The summed E-state index contributed by atoms with van der Waals surface area (Å²) in [6.45, 7) is 2.58. The van der Waals surface area contributed by atoms with Crippen LogP contribution in [-0.4, -0.2) is 20.2 Å². The molecule has 5 nitrogen and oxygen atoms in total. The molecule has 0 amide bonds. The Kier molecular flexibility index (Phi) is 3.96. The number of hydrogen-bond donors (Lipinski definition) is 2. The van der Waals surface area contributed by atoms with Crippen LogP contribution in [0.25, 0.3) is 0 Å². The number of anilines is 2. The van der Waals surface area contributed by atoms with Crippen molar-refractivity contribution in [1.82, 2.24) is 0 Å². The van der Waals surface area contributed by atoms with Crippen LogP contribution in [0.15, 0.2) is 18.2 Å². The highest BCUT2D eigenvalue weighted by atomic mass is 32.2. The Labute approximate surface area is 113 Å². The van der Waals surface area contributed by atoms with Crippen molar-refractivity contribution in [1.29, 1.82) is 5.26 Å². The van der Waals surface area contributed by atoms with Gasteiger partial charge in [0.15, 0.2) is 5.25 Å². The minimum absolute atomic E-state index is 0.273. The number of hydrogen-bond acceptors (Lipinski definition) is 4. The summed E-state index contributed by atoms with van der Waals surface area (Å²) in [5, 5.41) is 11.1. The topological polar surface area (TPSA) is 82.0 Å². The van der Waals surface area contributed by atoms with E-state index in [1.807, 2.05) is 12.1 Å². The summed E-state index contributed by atoms with van der Waals surface area (Å²) >= 11 is 0. The first-order chi connectivity index (χ1) is 9.06. The molecule has 1 aliphatic heterocycles. The van der Waals surface area contributed by atoms with E-state index in [0.717, 1.165) is 25.1 Å². The molecule has 19 heavy (non-hydrogen) atoms. The molecule has 0 aliphatic carbocycles. The standard InChI is InChI=1S/C13H17N3O2S/c1-2-12(9-14)19(17,18)16-11-6-5-10-4-3-7-15-13(10)8-11/h5-6,8,12,15-16H,2-4,7H2,1H3. The van der Waals surface area contributed by atoms with Crippen LogP contribution in [0.3, 0.4) is 0 Å². The third kappa shape index (κ3) is 2.99. The average molecular weight is 279 g/mol. The van der Waals surface area contributed by atoms with Gasteiger partial charge in [0.1, 0.15) is 0 Å². The fourth-order valence-electron chi connectivity index (χ4n) is 2.14. The molecular weight excluding hydrogens is 262 g/mol. The largest absolute Gasteiger partial charge is 0.385 e. The molecule has 0 fully saturated rings. The molecule has 0 aromatic heterocycles. The molecule has 1 aromatic carbocycles. The molecule has 1 aliphatic rings. The van der Waals surface area contributed by atoms with Gasteiger partial charge in [-0.15, -0.1) is 0 Å². The summed E-state index contributed by atoms with van der Waals surface area (Å²) in [5.74, 6) is 0. The van der Waals surface area contributed by atoms with E-state index >= 15 is 0 Å². The molecular formula is C13H17N3O2S. The minimum Gasteiger partial charge on any atom is -0.385 e. The minimum atomic E-state index is -3.64. The average Bonchev–Trinajstić information content (AvgIpc) is 2.39. The van der Waals surface area contributed by atoms with Crippen molar-refractivity contribution in [3.8, 4) is 6.07 Å². The lowest BCUT2D eigenvalue weighted by Gasteiger charge is -2.19. The highest BCUT2D eigenvalue weighted by molar-refractivity contribution is 7.93. The molecule has 0 radical (unpaired) electrons. The third-order valence-corrected chi connectivity index (χ3v) is 4.91. The number of aryl methyl sites for hydroxylation is 1. The summed E-state index contributed by atoms with van der Waals surface area (Å²) in [6.07, 6.45) is 2.37. The third-order valence-electron chi connectivity index (χ3n) is 3.20. The highest BCUT2D eigenvalue weighted by Gasteiger charge is 2.23. The van der Waals surface area contributed by atoms with Crippen molar-refractivity contribution in [2.75, 3.05) is 16.6 Å². The van der Waals surface area contributed by atoms with E-state index in [0.29, 0.717) is 5.69 Å². The second-order valence-corrected chi connectivity index (χ2v) is 6.44. The van der Waals surface area contributed by atoms with Gasteiger partial charge in [-0.25, -0.2) is 8.42 Å². The lowest BCUT2D eigenvalue weighted by Crippen LogP contribution is -2.26. The molecule has 1 atom stereocenters. The molecule has 0 bridgehead atoms. The summed E-state index contributed by atoms with van der Waals surface area (Å²) in [6, 6.07) is 7.26. The van der Waals surface area contributed by atoms with Crippen molar-refractivity contribution in [2.24, 2.45) is 0 Å². The fourth-order valence-corrected chi connectivity index (χ4v) is 3.32. The first-order valence-electron chi connectivity index (χ1n) is 6.35. The first-order valence-corrected chi connectivity index (χ1v) is 7.89. The van der Waals surface area contributed by atoms with Crippen molar-refractivity contribution >= 4 is 21.4 Å². The van der Waals surface area contributed by atoms with Crippen LogP contribution < -0.4 is 10.0 Å². The monoisotopic (exact) mass is 279 g/mol. The van der Waals surface area contributed by atoms with Gasteiger partial charge in [-0.1, -0.05) is 13.0 Å². The normalized spacial score (nSPS) is 15.8. The lowest BCUT2D eigenvalue weighted by molar-refractivity contribution is 0.593. The van der Waals surface area contributed by atoms with Gasteiger partial charge >= 0.3 is 0 Å². The van der Waals surface area contributed by atoms with E-state index in [-0.39, 0.29) is 6.42 Å². The smallest absolute Gasteiger partial charge is 0.249 e. The molecule has 102 valence electrons. The number of benzene rings is 1. The van der Waals surface area contributed by atoms with Crippen molar-refractivity contribution in [3.05, 3.63) is 23.8 Å². The molecule has 1 heterocycles. The van der Waals surface area contributed by atoms with E-state index in [2.05, 4.69) is 10.0 Å². The van der Waals surface area contributed by atoms with E-state index < -0.39 is 15.3 Å². The van der Waals surface area contributed by atoms with E-state index in [1.54, 1.807) is 19.1 Å². The Balaban J connectivity index is 2.22. The van der Waals surface area contributed by atoms with Gasteiger partial charge in [-0.2, -0.15) is 5.26 Å². The fraction of sp³-hybridized carbons (Fsp3) is 0.462. The zero-order chi connectivity index (χ0) is 13.9. The van der Waals surface area contributed by atoms with Gasteiger partial charge in [0.25, 0.3) is 0 Å². The van der Waals surface area contributed by atoms with Crippen LogP contribution in [0.1, 0.15) is 25.3 Å². The second-order valence-electron chi connectivity index (χ2n) is 4.58. The first kappa shape index (κ1) is 13.7. The van der Waals surface area contributed by atoms with E-state index in [1.165, 1.54) is 5.56 Å². The number of nitrogens with one attached hydrogen (secondary N) is 2. The Bertz CT molecular complexity index is 605. The predicted octanol–water partition coefficient (Wildman–Crippen LogP) is 2.09. The molecule has 2 N–H and O–H groups in total. The maximum Gasteiger partial charge on any atom is 0.249 e. The Morgan fingerprint density at radius 3 is 3.00 bits per heavy atom. The number of sulfonamides is 1. The van der Waals surface area contributed by atoms with Crippen LogP contribution in [-0.2, 0) is 16.4 Å². The van der Waals surface area contributed by atoms with Crippen LogP contribution >= 0.6 is 0 Å². The van der Waals surface area contributed by atoms with Gasteiger partial charge < -0.3 is 5.32 Å². The van der Waals surface area contributed by atoms with Crippen molar-refractivity contribution < 1.29 is 8.42 Å². The molecule has 0 saturated carbocycles. The second kappa shape index (κ2) is 5.49. The molecule has 6 heteroatoms. The number of nitriles is 1. The lowest BCUT2D eigenvalue weighted by atomic mass is 10.0. The van der Waals surface area contributed by atoms with Gasteiger partial charge in [-0.3, -0.25) is 4.72 Å². The molecule has 0 saturated heterocycles. The summed E-state index contributed by atoms with van der Waals surface area (Å²) in [7, 11) is -3.64. The SMILES string of the molecule is CCC(C#N)S(=O)(=O)Nc1ccc2c(c1)NCCC2. The Hall–Kier alpha value is -1.74. The molecule has 1 unspecified atom stereocenters. The molecule has 1 aromatic rings. The van der Waals surface area contributed by atoms with Crippen LogP contribution in [0.5, 0.6) is 0 Å². The zero-order valence-corrected chi connectivity index (χ0v) is 11.6. The number of rotatable bonds is 4. The van der Waals surface area contributed by atoms with Gasteiger partial charge in [-0.05, 0) is 37.0 Å². The van der Waals surface area contributed by atoms with Gasteiger partial charge in [0.05, 0.1) is 11.8 Å². The predicted molar refractivity (Wildman–Crippen MR) is 75.5 cm³/mol. The summed E-state index contributed by atoms with van der Waals surface area (Å²) in [5.41, 5.74) is 2.67.